The SMILES string of the molecule is CB1C=C(C)c2c(oc3ncccc23)N1c1cc(C)c(-c2ccccc2)c[n+]1C. The first-order valence-electron chi connectivity index (χ1n) is 9.96. The van der Waals surface area contributed by atoms with Crippen LogP contribution in [0.25, 0.3) is 27.8 Å². The van der Waals surface area contributed by atoms with E-state index in [0.717, 1.165) is 22.7 Å². The highest BCUT2D eigenvalue weighted by atomic mass is 16.4. The molecule has 4 aromatic rings. The summed E-state index contributed by atoms with van der Waals surface area (Å²) in [6.45, 7) is 6.70. The largest absolute Gasteiger partial charge is 0.406 e. The molecule has 5 rings (SSSR count). The van der Waals surface area contributed by atoms with Crippen LogP contribution in [0.4, 0.5) is 11.7 Å². The van der Waals surface area contributed by atoms with Gasteiger partial charge in [0.15, 0.2) is 0 Å². The quantitative estimate of drug-likeness (QED) is 0.348. The second-order valence-electron chi connectivity index (χ2n) is 7.80. The van der Waals surface area contributed by atoms with Crippen molar-refractivity contribution in [3.8, 4) is 11.1 Å². The number of aryl methyl sites for hydroxylation is 2. The third-order valence-corrected chi connectivity index (χ3v) is 5.75. The molecule has 0 amide bonds. The van der Waals surface area contributed by atoms with E-state index in [0.29, 0.717) is 5.71 Å². The fourth-order valence-electron chi connectivity index (χ4n) is 4.38. The van der Waals surface area contributed by atoms with E-state index in [1.54, 1.807) is 6.20 Å². The average molecular weight is 380 g/mol. The Labute approximate surface area is 171 Å². The topological polar surface area (TPSA) is 33.2 Å². The molecular formula is C24H23BN3O+. The van der Waals surface area contributed by atoms with Crippen LogP contribution < -0.4 is 9.38 Å². The fourth-order valence-corrected chi connectivity index (χ4v) is 4.38. The molecule has 0 radical (unpaired) electrons. The summed E-state index contributed by atoms with van der Waals surface area (Å²) in [5, 5.41) is 1.06. The van der Waals surface area contributed by atoms with Crippen molar-refractivity contribution in [1.82, 2.24) is 4.98 Å². The van der Waals surface area contributed by atoms with Crippen LogP contribution in [0, 0.1) is 6.92 Å². The molecule has 4 heterocycles. The molecule has 4 nitrogen and oxygen atoms in total. The van der Waals surface area contributed by atoms with Crippen molar-refractivity contribution in [1.29, 1.82) is 0 Å². The molecule has 3 aromatic heterocycles. The van der Waals surface area contributed by atoms with Crippen LogP contribution in [0.5, 0.6) is 0 Å². The van der Waals surface area contributed by atoms with Gasteiger partial charge in [0, 0.05) is 17.8 Å². The lowest BCUT2D eigenvalue weighted by Crippen LogP contribution is -2.44. The van der Waals surface area contributed by atoms with Gasteiger partial charge in [-0.15, -0.1) is 0 Å². The van der Waals surface area contributed by atoms with Gasteiger partial charge in [-0.05, 0) is 49.5 Å². The fraction of sp³-hybridized carbons (Fsp3) is 0.167. The monoisotopic (exact) mass is 380 g/mol. The summed E-state index contributed by atoms with van der Waals surface area (Å²) in [5.41, 5.74) is 6.75. The Balaban J connectivity index is 1.70. The number of hydrogen-bond donors (Lipinski definition) is 0. The number of hydrogen-bond acceptors (Lipinski definition) is 3. The van der Waals surface area contributed by atoms with Gasteiger partial charge in [-0.3, -0.25) is 4.81 Å². The summed E-state index contributed by atoms with van der Waals surface area (Å²) in [6, 6.07) is 16.8. The van der Waals surface area contributed by atoms with Crippen LogP contribution in [0.15, 0.2) is 71.3 Å². The molecule has 0 spiro atoms. The van der Waals surface area contributed by atoms with Crippen LogP contribution in [-0.2, 0) is 7.05 Å². The zero-order valence-electron chi connectivity index (χ0n) is 17.2. The van der Waals surface area contributed by atoms with Crippen molar-refractivity contribution in [2.45, 2.75) is 20.7 Å². The smallest absolute Gasteiger partial charge is 0.404 e. The molecule has 0 fully saturated rings. The van der Waals surface area contributed by atoms with Gasteiger partial charge in [0.05, 0.1) is 24.2 Å². The van der Waals surface area contributed by atoms with E-state index in [1.165, 1.54) is 22.3 Å². The normalized spacial score (nSPS) is 13.6. The van der Waals surface area contributed by atoms with Crippen molar-refractivity contribution in [2.24, 2.45) is 7.05 Å². The third-order valence-electron chi connectivity index (χ3n) is 5.75. The second-order valence-corrected chi connectivity index (χ2v) is 7.80. The van der Waals surface area contributed by atoms with E-state index in [1.807, 2.05) is 6.07 Å². The molecule has 142 valence electrons. The number of fused-ring (bicyclic) bond motifs is 3. The number of anilines is 2. The maximum absolute atomic E-state index is 6.27. The number of aromatic nitrogens is 2. The minimum Gasteiger partial charge on any atom is -0.404 e. The van der Waals surface area contributed by atoms with Crippen LogP contribution in [0.2, 0.25) is 6.82 Å². The van der Waals surface area contributed by atoms with E-state index >= 15 is 0 Å². The van der Waals surface area contributed by atoms with Crippen molar-refractivity contribution < 1.29 is 8.98 Å². The first-order chi connectivity index (χ1) is 14.0. The Hall–Kier alpha value is -3.34. The van der Waals surface area contributed by atoms with Crippen molar-refractivity contribution in [3.63, 3.8) is 0 Å². The Bertz CT molecular complexity index is 1260. The Kier molecular flexibility index (Phi) is 4.05. The standard InChI is InChI=1S/C24H23BN3O/c1-16-13-21(27(4)15-20(16)18-9-6-5-7-10-18)28-24-22(17(2)14-25(28)3)19-11-8-12-26-23(19)29-24/h5-15H,1-4H3/q+1. The van der Waals surface area contributed by atoms with Gasteiger partial charge >= 0.3 is 6.85 Å². The van der Waals surface area contributed by atoms with Crippen LogP contribution in [0.1, 0.15) is 18.1 Å². The third kappa shape index (κ3) is 2.77. The first-order valence-corrected chi connectivity index (χ1v) is 9.96. The molecule has 0 unspecified atom stereocenters. The Morgan fingerprint density at radius 2 is 1.86 bits per heavy atom. The molecule has 1 aliphatic rings. The zero-order valence-corrected chi connectivity index (χ0v) is 17.2. The Morgan fingerprint density at radius 1 is 1.07 bits per heavy atom. The molecule has 0 saturated heterocycles. The molecule has 0 atom stereocenters. The maximum atomic E-state index is 6.27. The summed E-state index contributed by atoms with van der Waals surface area (Å²) in [7, 11) is 2.10. The first kappa shape index (κ1) is 17.7. The lowest BCUT2D eigenvalue weighted by atomic mass is 9.59. The minimum atomic E-state index is 0.177. The van der Waals surface area contributed by atoms with Gasteiger partial charge < -0.3 is 4.42 Å². The number of benzene rings is 1. The number of nitrogens with zero attached hydrogens (tertiary/aromatic N) is 3. The molecule has 0 aliphatic carbocycles. The van der Waals surface area contributed by atoms with E-state index in [-0.39, 0.29) is 6.85 Å². The highest BCUT2D eigenvalue weighted by molar-refractivity contribution is 6.70. The Morgan fingerprint density at radius 3 is 2.66 bits per heavy atom. The van der Waals surface area contributed by atoms with Crippen LogP contribution >= 0.6 is 0 Å². The van der Waals surface area contributed by atoms with E-state index in [9.17, 15) is 0 Å². The summed E-state index contributed by atoms with van der Waals surface area (Å²) >= 11 is 0. The molecular weight excluding hydrogens is 357 g/mol. The van der Waals surface area contributed by atoms with Crippen molar-refractivity contribution >= 4 is 35.2 Å². The van der Waals surface area contributed by atoms with Crippen LogP contribution in [-0.4, -0.2) is 11.8 Å². The van der Waals surface area contributed by atoms with Gasteiger partial charge in [-0.2, -0.15) is 0 Å². The summed E-state index contributed by atoms with van der Waals surface area (Å²) in [5.74, 6) is 4.26. The molecule has 1 aliphatic heterocycles. The molecule has 0 bridgehead atoms. The number of rotatable bonds is 2. The van der Waals surface area contributed by atoms with Gasteiger partial charge in [-0.25, -0.2) is 9.55 Å². The lowest BCUT2D eigenvalue weighted by Gasteiger charge is -2.24. The average Bonchev–Trinajstić information content (AvgIpc) is 3.10. The molecule has 29 heavy (non-hydrogen) atoms. The predicted octanol–water partition coefficient (Wildman–Crippen LogP) is 5.34. The summed E-state index contributed by atoms with van der Waals surface area (Å²) in [6.07, 6.45) is 3.99. The molecule has 1 aromatic carbocycles. The minimum absolute atomic E-state index is 0.177. The molecule has 0 N–H and O–H groups in total. The van der Waals surface area contributed by atoms with Gasteiger partial charge in [-0.1, -0.05) is 36.3 Å². The van der Waals surface area contributed by atoms with Gasteiger partial charge in [0.25, 0.3) is 11.7 Å². The van der Waals surface area contributed by atoms with E-state index in [4.69, 9.17) is 4.42 Å². The van der Waals surface area contributed by atoms with E-state index in [2.05, 4.69) is 96.7 Å². The highest BCUT2D eigenvalue weighted by Gasteiger charge is 2.39. The molecule has 5 heteroatoms. The van der Waals surface area contributed by atoms with E-state index < -0.39 is 0 Å². The number of furan rings is 1. The number of allylic oxidation sites excluding steroid dienone is 1. The second kappa shape index (κ2) is 6.62. The highest BCUT2D eigenvalue weighted by Crippen LogP contribution is 2.43. The lowest BCUT2D eigenvalue weighted by molar-refractivity contribution is -0.657. The molecule has 0 saturated carbocycles. The zero-order chi connectivity index (χ0) is 20.1. The number of pyridine rings is 2. The maximum Gasteiger partial charge on any atom is 0.406 e. The summed E-state index contributed by atoms with van der Waals surface area (Å²) in [4.78, 5) is 6.71. The van der Waals surface area contributed by atoms with Crippen molar-refractivity contribution in [3.05, 3.63) is 78.0 Å². The van der Waals surface area contributed by atoms with Crippen LogP contribution in [0.3, 0.4) is 0 Å². The van der Waals surface area contributed by atoms with Gasteiger partial charge in [0.1, 0.15) is 0 Å². The van der Waals surface area contributed by atoms with Crippen molar-refractivity contribution in [2.75, 3.05) is 4.81 Å². The van der Waals surface area contributed by atoms with Gasteiger partial charge in [0.2, 0.25) is 5.71 Å². The summed E-state index contributed by atoms with van der Waals surface area (Å²) < 4.78 is 8.45. The predicted molar refractivity (Wildman–Crippen MR) is 119 cm³/mol.